The Labute approximate surface area is 93.8 Å². The van der Waals surface area contributed by atoms with Gasteiger partial charge in [-0.3, -0.25) is 4.79 Å². The van der Waals surface area contributed by atoms with E-state index in [0.29, 0.717) is 13.0 Å². The molecule has 0 unspecified atom stereocenters. The molecule has 0 spiro atoms. The number of methoxy groups -OCH3 is 1. The average Bonchev–Trinajstić information content (AvgIpc) is 2.71. The van der Waals surface area contributed by atoms with Gasteiger partial charge in [0.05, 0.1) is 7.11 Å². The summed E-state index contributed by atoms with van der Waals surface area (Å²) >= 11 is 0. The van der Waals surface area contributed by atoms with Gasteiger partial charge in [0, 0.05) is 18.9 Å². The quantitative estimate of drug-likeness (QED) is 0.723. The van der Waals surface area contributed by atoms with Gasteiger partial charge in [-0.1, -0.05) is 30.3 Å². The number of carbonyl (C=O) groups excluding carboxylic acids is 2. The van der Waals surface area contributed by atoms with Crippen molar-refractivity contribution in [3.8, 4) is 0 Å². The predicted molar refractivity (Wildman–Crippen MR) is 57.9 cm³/mol. The minimum Gasteiger partial charge on any atom is -0.452 e. The summed E-state index contributed by atoms with van der Waals surface area (Å²) in [6, 6.07) is 9.73. The van der Waals surface area contributed by atoms with Crippen LogP contribution in [0, 0.1) is 0 Å². The smallest absolute Gasteiger partial charge is 0.416 e. The largest absolute Gasteiger partial charge is 0.452 e. The summed E-state index contributed by atoms with van der Waals surface area (Å²) < 4.78 is 4.55. The summed E-state index contributed by atoms with van der Waals surface area (Å²) in [6.45, 7) is 0.412. The van der Waals surface area contributed by atoms with Gasteiger partial charge in [-0.2, -0.15) is 0 Å². The van der Waals surface area contributed by atoms with E-state index in [1.165, 1.54) is 7.11 Å². The molecule has 0 bridgehead atoms. The summed E-state index contributed by atoms with van der Waals surface area (Å²) in [5.41, 5.74) is 1.09. The van der Waals surface area contributed by atoms with Gasteiger partial charge in [-0.25, -0.2) is 9.69 Å². The molecule has 0 radical (unpaired) electrons. The molecule has 0 aromatic heterocycles. The third kappa shape index (κ3) is 1.91. The van der Waals surface area contributed by atoms with Crippen LogP contribution in [-0.2, 0) is 9.53 Å². The van der Waals surface area contributed by atoms with Gasteiger partial charge >= 0.3 is 6.09 Å². The number of hydrogen-bond donors (Lipinski definition) is 0. The molecule has 1 fully saturated rings. The van der Waals surface area contributed by atoms with Crippen molar-refractivity contribution in [2.24, 2.45) is 0 Å². The zero-order chi connectivity index (χ0) is 11.5. The summed E-state index contributed by atoms with van der Waals surface area (Å²) in [6.07, 6.45) is -0.192. The van der Waals surface area contributed by atoms with Crippen molar-refractivity contribution < 1.29 is 14.3 Å². The lowest BCUT2D eigenvalue weighted by atomic mass is 9.99. The van der Waals surface area contributed by atoms with E-state index in [-0.39, 0.29) is 11.8 Å². The average molecular weight is 219 g/mol. The third-order valence-corrected chi connectivity index (χ3v) is 2.79. The number of ether oxygens (including phenoxy) is 1. The van der Waals surface area contributed by atoms with Crippen molar-refractivity contribution in [2.75, 3.05) is 13.7 Å². The fraction of sp³-hybridized carbons (Fsp3) is 0.333. The Bertz CT molecular complexity index is 402. The van der Waals surface area contributed by atoms with Crippen LogP contribution in [0.5, 0.6) is 0 Å². The van der Waals surface area contributed by atoms with Gasteiger partial charge < -0.3 is 4.74 Å². The van der Waals surface area contributed by atoms with Crippen LogP contribution in [0.1, 0.15) is 17.9 Å². The first-order valence-corrected chi connectivity index (χ1v) is 5.15. The molecule has 1 aliphatic heterocycles. The molecule has 84 valence electrons. The molecule has 0 N–H and O–H groups in total. The van der Waals surface area contributed by atoms with E-state index in [4.69, 9.17) is 0 Å². The molecular weight excluding hydrogens is 206 g/mol. The Hall–Kier alpha value is -1.84. The van der Waals surface area contributed by atoms with Crippen LogP contribution in [-0.4, -0.2) is 30.6 Å². The van der Waals surface area contributed by atoms with Gasteiger partial charge in [-0.15, -0.1) is 0 Å². The fourth-order valence-electron chi connectivity index (χ4n) is 1.94. The van der Waals surface area contributed by atoms with Crippen LogP contribution < -0.4 is 0 Å². The SMILES string of the molecule is COC(=O)N1C[C@@H](c2ccccc2)CC1=O. The molecule has 4 nitrogen and oxygen atoms in total. The van der Waals surface area contributed by atoms with Crippen LogP contribution in [0.15, 0.2) is 30.3 Å². The van der Waals surface area contributed by atoms with E-state index < -0.39 is 6.09 Å². The summed E-state index contributed by atoms with van der Waals surface area (Å²) in [7, 11) is 1.28. The highest BCUT2D eigenvalue weighted by molar-refractivity contribution is 5.94. The molecule has 4 heteroatoms. The molecule has 0 aliphatic carbocycles. The number of likely N-dealkylation sites (tertiary alicyclic amines) is 1. The normalized spacial score (nSPS) is 19.9. The summed E-state index contributed by atoms with van der Waals surface area (Å²) in [5, 5.41) is 0. The zero-order valence-corrected chi connectivity index (χ0v) is 9.05. The topological polar surface area (TPSA) is 46.6 Å². The zero-order valence-electron chi connectivity index (χ0n) is 9.05. The van der Waals surface area contributed by atoms with Crippen LogP contribution >= 0.6 is 0 Å². The number of amides is 2. The lowest BCUT2D eigenvalue weighted by Crippen LogP contribution is -2.31. The number of carbonyl (C=O) groups is 2. The van der Waals surface area contributed by atoms with E-state index in [0.717, 1.165) is 10.5 Å². The minimum absolute atomic E-state index is 0.0906. The molecule has 2 rings (SSSR count). The number of hydrogen-bond acceptors (Lipinski definition) is 3. The Morgan fingerprint density at radius 3 is 2.69 bits per heavy atom. The molecule has 1 heterocycles. The van der Waals surface area contributed by atoms with Gasteiger partial charge in [0.1, 0.15) is 0 Å². The highest BCUT2D eigenvalue weighted by Gasteiger charge is 2.35. The van der Waals surface area contributed by atoms with E-state index >= 15 is 0 Å². The maximum Gasteiger partial charge on any atom is 0.416 e. The Morgan fingerprint density at radius 2 is 2.06 bits per heavy atom. The van der Waals surface area contributed by atoms with Gasteiger partial charge in [0.15, 0.2) is 0 Å². The number of rotatable bonds is 1. The number of imide groups is 1. The molecule has 1 aromatic rings. The molecule has 1 atom stereocenters. The maximum absolute atomic E-state index is 11.6. The lowest BCUT2D eigenvalue weighted by Gasteiger charge is -2.12. The van der Waals surface area contributed by atoms with Crippen LogP contribution in [0.2, 0.25) is 0 Å². The van der Waals surface area contributed by atoms with E-state index in [9.17, 15) is 9.59 Å². The molecule has 2 amide bonds. The fourth-order valence-corrected chi connectivity index (χ4v) is 1.94. The highest BCUT2D eigenvalue weighted by atomic mass is 16.5. The van der Waals surface area contributed by atoms with Gasteiger partial charge in [0.2, 0.25) is 5.91 Å². The van der Waals surface area contributed by atoms with E-state index in [1.54, 1.807) is 0 Å². The van der Waals surface area contributed by atoms with E-state index in [2.05, 4.69) is 4.74 Å². The van der Waals surface area contributed by atoms with Crippen LogP contribution in [0.4, 0.5) is 4.79 Å². The Kier molecular flexibility index (Phi) is 2.90. The van der Waals surface area contributed by atoms with E-state index in [1.807, 2.05) is 30.3 Å². The molecule has 1 aliphatic rings. The van der Waals surface area contributed by atoms with Crippen molar-refractivity contribution >= 4 is 12.0 Å². The Morgan fingerprint density at radius 1 is 1.38 bits per heavy atom. The van der Waals surface area contributed by atoms with Crippen LogP contribution in [0.3, 0.4) is 0 Å². The van der Waals surface area contributed by atoms with Gasteiger partial charge in [0.25, 0.3) is 0 Å². The predicted octanol–water partition coefficient (Wildman–Crippen LogP) is 1.77. The first kappa shape index (κ1) is 10.7. The second-order valence-electron chi connectivity index (χ2n) is 3.79. The molecule has 0 saturated carbocycles. The van der Waals surface area contributed by atoms with Crippen LogP contribution in [0.25, 0.3) is 0 Å². The van der Waals surface area contributed by atoms with Crippen molar-refractivity contribution in [3.63, 3.8) is 0 Å². The third-order valence-electron chi connectivity index (χ3n) is 2.79. The van der Waals surface area contributed by atoms with Crippen molar-refractivity contribution in [3.05, 3.63) is 35.9 Å². The lowest BCUT2D eigenvalue weighted by molar-refractivity contribution is -0.126. The number of benzene rings is 1. The minimum atomic E-state index is -0.566. The van der Waals surface area contributed by atoms with Crippen molar-refractivity contribution in [1.82, 2.24) is 4.90 Å². The highest BCUT2D eigenvalue weighted by Crippen LogP contribution is 2.28. The molecule has 1 aromatic carbocycles. The summed E-state index contributed by atoms with van der Waals surface area (Å²) in [5.74, 6) is -0.0755. The second kappa shape index (κ2) is 4.35. The van der Waals surface area contributed by atoms with Crippen molar-refractivity contribution in [2.45, 2.75) is 12.3 Å². The first-order chi connectivity index (χ1) is 7.72. The molecule has 1 saturated heterocycles. The monoisotopic (exact) mass is 219 g/mol. The first-order valence-electron chi connectivity index (χ1n) is 5.15. The molecule has 16 heavy (non-hydrogen) atoms. The van der Waals surface area contributed by atoms with Gasteiger partial charge in [-0.05, 0) is 5.56 Å². The number of nitrogens with zero attached hydrogens (tertiary/aromatic N) is 1. The van der Waals surface area contributed by atoms with Crippen molar-refractivity contribution in [1.29, 1.82) is 0 Å². The maximum atomic E-state index is 11.6. The molecular formula is C12H13NO3. The Balaban J connectivity index is 2.13. The standard InChI is InChI=1S/C12H13NO3/c1-16-12(15)13-8-10(7-11(13)14)9-5-3-2-4-6-9/h2-6,10H,7-8H2,1H3/t10-/m0/s1. The summed E-state index contributed by atoms with van der Waals surface area (Å²) in [4.78, 5) is 24.0. The second-order valence-corrected chi connectivity index (χ2v) is 3.79.